The third kappa shape index (κ3) is 4.57. The first-order valence-corrected chi connectivity index (χ1v) is 13.5. The first-order valence-electron chi connectivity index (χ1n) is 13.5. The Balaban J connectivity index is 1.41. The minimum absolute atomic E-state index is 0.904. The topological polar surface area (TPSA) is 24.7 Å². The van der Waals surface area contributed by atoms with Crippen LogP contribution in [0.25, 0.3) is 22.3 Å². The second-order valence-corrected chi connectivity index (χ2v) is 9.85. The quantitative estimate of drug-likeness (QED) is 0.225. The summed E-state index contributed by atoms with van der Waals surface area (Å²) in [5, 5.41) is 0. The molecule has 0 spiro atoms. The molecule has 0 atom stereocenters. The normalized spacial score (nSPS) is 14.9. The largest absolute Gasteiger partial charge is 0.247 e. The van der Waals surface area contributed by atoms with E-state index in [9.17, 15) is 0 Å². The summed E-state index contributed by atoms with van der Waals surface area (Å²) in [4.78, 5) is 10.7. The van der Waals surface area contributed by atoms with Crippen molar-refractivity contribution in [2.24, 2.45) is 9.98 Å². The van der Waals surface area contributed by atoms with Crippen molar-refractivity contribution in [3.8, 4) is 22.3 Å². The van der Waals surface area contributed by atoms with Crippen LogP contribution in [0.15, 0.2) is 168 Å². The molecule has 0 amide bonds. The van der Waals surface area contributed by atoms with Crippen LogP contribution in [0.3, 0.4) is 0 Å². The summed E-state index contributed by atoms with van der Waals surface area (Å²) in [5.74, 6) is 0. The molecule has 188 valence electrons. The Morgan fingerprint density at radius 3 is 1.07 bits per heavy atom. The van der Waals surface area contributed by atoms with Gasteiger partial charge in [-0.05, 0) is 46.5 Å². The van der Waals surface area contributed by atoms with E-state index in [-0.39, 0.29) is 0 Å². The van der Waals surface area contributed by atoms with Gasteiger partial charge < -0.3 is 0 Å². The average Bonchev–Trinajstić information content (AvgIpc) is 3.03. The van der Waals surface area contributed by atoms with Gasteiger partial charge in [-0.15, -0.1) is 0 Å². The average molecular weight is 511 g/mol. The Morgan fingerprint density at radius 2 is 0.625 bits per heavy atom. The second kappa shape index (κ2) is 10.4. The summed E-state index contributed by atoms with van der Waals surface area (Å²) < 4.78 is 0. The number of hydrogen-bond acceptors (Lipinski definition) is 2. The fourth-order valence-electron chi connectivity index (χ4n) is 5.30. The van der Waals surface area contributed by atoms with Crippen LogP contribution in [0.5, 0.6) is 0 Å². The SMILES string of the molecule is c1ccc(-c2cccc(/C3=N/c4ccccc4/C(c4cccc(-c5ccccc5)c4)=N\c4ccccc43)c2)cc1. The lowest BCUT2D eigenvalue weighted by Crippen LogP contribution is -2.10. The van der Waals surface area contributed by atoms with Crippen molar-refractivity contribution in [3.05, 3.63) is 180 Å². The molecule has 0 aromatic heterocycles. The second-order valence-electron chi connectivity index (χ2n) is 9.85. The van der Waals surface area contributed by atoms with Crippen molar-refractivity contribution in [3.63, 3.8) is 0 Å². The molecule has 0 bridgehead atoms. The van der Waals surface area contributed by atoms with E-state index in [4.69, 9.17) is 9.98 Å². The maximum Gasteiger partial charge on any atom is 0.0803 e. The van der Waals surface area contributed by atoms with Crippen LogP contribution in [0.2, 0.25) is 0 Å². The molecule has 1 heterocycles. The third-order valence-electron chi connectivity index (χ3n) is 7.27. The van der Waals surface area contributed by atoms with Gasteiger partial charge in [-0.1, -0.05) is 133 Å². The number of nitrogens with zero attached hydrogens (tertiary/aromatic N) is 2. The van der Waals surface area contributed by atoms with Crippen molar-refractivity contribution >= 4 is 22.8 Å². The zero-order valence-electron chi connectivity index (χ0n) is 21.9. The monoisotopic (exact) mass is 510 g/mol. The van der Waals surface area contributed by atoms with Gasteiger partial charge in [0.15, 0.2) is 0 Å². The Labute approximate surface area is 234 Å². The van der Waals surface area contributed by atoms with Gasteiger partial charge in [-0.25, -0.2) is 9.98 Å². The Bertz CT molecular complexity index is 1740. The van der Waals surface area contributed by atoms with E-state index in [1.54, 1.807) is 0 Å². The minimum Gasteiger partial charge on any atom is -0.247 e. The fourth-order valence-corrected chi connectivity index (χ4v) is 5.30. The van der Waals surface area contributed by atoms with E-state index < -0.39 is 0 Å². The molecular weight excluding hydrogens is 484 g/mol. The van der Waals surface area contributed by atoms with Crippen LogP contribution in [0.1, 0.15) is 22.3 Å². The number of benzene rings is 6. The van der Waals surface area contributed by atoms with Gasteiger partial charge in [-0.3, -0.25) is 0 Å². The number of fused-ring (bicyclic) bond motifs is 2. The molecule has 0 radical (unpaired) electrons. The van der Waals surface area contributed by atoms with Gasteiger partial charge in [0.1, 0.15) is 0 Å². The van der Waals surface area contributed by atoms with Crippen molar-refractivity contribution in [1.29, 1.82) is 0 Å². The fraction of sp³-hybridized carbons (Fsp3) is 0. The molecule has 2 nitrogen and oxygen atoms in total. The van der Waals surface area contributed by atoms with Gasteiger partial charge in [0.05, 0.1) is 22.8 Å². The number of hydrogen-bond donors (Lipinski definition) is 0. The molecule has 2 heteroatoms. The maximum absolute atomic E-state index is 5.34. The molecule has 40 heavy (non-hydrogen) atoms. The summed E-state index contributed by atoms with van der Waals surface area (Å²) >= 11 is 0. The van der Waals surface area contributed by atoms with E-state index in [1.165, 1.54) is 11.1 Å². The van der Waals surface area contributed by atoms with Gasteiger partial charge in [0, 0.05) is 22.3 Å². The summed E-state index contributed by atoms with van der Waals surface area (Å²) in [5.41, 5.74) is 12.5. The van der Waals surface area contributed by atoms with Crippen LogP contribution in [-0.2, 0) is 0 Å². The van der Waals surface area contributed by atoms with E-state index in [2.05, 4.69) is 133 Å². The molecule has 0 aliphatic carbocycles. The van der Waals surface area contributed by atoms with Crippen LogP contribution < -0.4 is 0 Å². The lowest BCUT2D eigenvalue weighted by molar-refractivity contribution is 1.39. The Hall–Kier alpha value is -5.34. The summed E-state index contributed by atoms with van der Waals surface area (Å²) in [6.45, 7) is 0. The first-order chi connectivity index (χ1) is 19.8. The predicted octanol–water partition coefficient (Wildman–Crippen LogP) is 9.67. The first kappa shape index (κ1) is 23.8. The molecule has 7 rings (SSSR count). The highest BCUT2D eigenvalue weighted by molar-refractivity contribution is 6.22. The number of rotatable bonds is 4. The van der Waals surface area contributed by atoms with Gasteiger partial charge >= 0.3 is 0 Å². The van der Waals surface area contributed by atoms with Crippen molar-refractivity contribution in [1.82, 2.24) is 0 Å². The minimum atomic E-state index is 0.904. The molecule has 0 fully saturated rings. The molecule has 6 aromatic carbocycles. The van der Waals surface area contributed by atoms with Crippen LogP contribution >= 0.6 is 0 Å². The van der Waals surface area contributed by atoms with E-state index in [0.29, 0.717) is 0 Å². The highest BCUT2D eigenvalue weighted by Crippen LogP contribution is 2.34. The van der Waals surface area contributed by atoms with Crippen molar-refractivity contribution in [2.75, 3.05) is 0 Å². The number of para-hydroxylation sites is 2. The maximum atomic E-state index is 5.34. The number of aliphatic imine (C=N–C) groups is 2. The van der Waals surface area contributed by atoms with Crippen molar-refractivity contribution < 1.29 is 0 Å². The van der Waals surface area contributed by atoms with Crippen LogP contribution in [-0.4, -0.2) is 11.4 Å². The summed E-state index contributed by atoms with van der Waals surface area (Å²) in [6, 6.07) is 54.8. The molecule has 0 N–H and O–H groups in total. The third-order valence-corrected chi connectivity index (χ3v) is 7.27. The van der Waals surface area contributed by atoms with Crippen molar-refractivity contribution in [2.45, 2.75) is 0 Å². The Kier molecular flexibility index (Phi) is 6.20. The molecule has 0 saturated heterocycles. The molecule has 0 saturated carbocycles. The van der Waals surface area contributed by atoms with E-state index in [1.807, 2.05) is 24.3 Å². The van der Waals surface area contributed by atoms with Gasteiger partial charge in [0.2, 0.25) is 0 Å². The lowest BCUT2D eigenvalue weighted by atomic mass is 9.93. The smallest absolute Gasteiger partial charge is 0.0803 e. The predicted molar refractivity (Wildman–Crippen MR) is 167 cm³/mol. The summed E-state index contributed by atoms with van der Waals surface area (Å²) in [6.07, 6.45) is 0. The molecule has 0 unspecified atom stereocenters. The van der Waals surface area contributed by atoms with E-state index >= 15 is 0 Å². The standard InChI is InChI=1S/C38H26N2/c1-3-13-27(14-4-1)29-17-11-19-31(25-29)37-33-21-7-9-23-35(33)40-38(34-22-8-10-24-36(34)39-37)32-20-12-18-30(26-32)28-15-5-2-6-16-28/h1-26H/b37-33?,38-34?,39-36?,39-37-,40-35?,40-38-. The highest BCUT2D eigenvalue weighted by atomic mass is 14.8. The zero-order valence-corrected chi connectivity index (χ0v) is 21.9. The molecule has 1 aliphatic heterocycles. The van der Waals surface area contributed by atoms with Gasteiger partial charge in [-0.2, -0.15) is 0 Å². The zero-order chi connectivity index (χ0) is 26.7. The summed E-state index contributed by atoms with van der Waals surface area (Å²) in [7, 11) is 0. The van der Waals surface area contributed by atoms with E-state index in [0.717, 1.165) is 56.2 Å². The highest BCUT2D eigenvalue weighted by Gasteiger charge is 2.20. The van der Waals surface area contributed by atoms with Gasteiger partial charge in [0.25, 0.3) is 0 Å². The molecular formula is C38H26N2. The molecule has 1 aliphatic rings. The van der Waals surface area contributed by atoms with Crippen LogP contribution in [0, 0.1) is 0 Å². The molecule has 6 aromatic rings. The Morgan fingerprint density at radius 1 is 0.275 bits per heavy atom. The lowest BCUT2D eigenvalue weighted by Gasteiger charge is -2.18. The van der Waals surface area contributed by atoms with Crippen LogP contribution in [0.4, 0.5) is 11.4 Å².